The molecule has 0 unspecified atom stereocenters. The smallest absolute Gasteiger partial charge is 0.321 e. The Kier molecular flexibility index (Phi) is 3.78. The average molecular weight is 295 g/mol. The molecule has 1 aliphatic rings. The Bertz CT molecular complexity index is 740. The van der Waals surface area contributed by atoms with Crippen LogP contribution in [0.1, 0.15) is 11.1 Å². The van der Waals surface area contributed by atoms with Gasteiger partial charge in [-0.25, -0.2) is 4.79 Å². The molecule has 5 nitrogen and oxygen atoms in total. The van der Waals surface area contributed by atoms with E-state index in [0.29, 0.717) is 0 Å². The van der Waals surface area contributed by atoms with Crippen LogP contribution >= 0.6 is 0 Å². The highest BCUT2D eigenvalue weighted by molar-refractivity contribution is 5.96. The molecule has 2 aromatic carbocycles. The van der Waals surface area contributed by atoms with Crippen LogP contribution in [0.2, 0.25) is 0 Å². The average Bonchev–Trinajstić information content (AvgIpc) is 2.90. The maximum atomic E-state index is 11.6. The summed E-state index contributed by atoms with van der Waals surface area (Å²) < 4.78 is 0. The van der Waals surface area contributed by atoms with Crippen molar-refractivity contribution in [3.8, 4) is 11.1 Å². The van der Waals surface area contributed by atoms with Crippen LogP contribution in [0.15, 0.2) is 42.5 Å². The largest absolute Gasteiger partial charge is 0.376 e. The summed E-state index contributed by atoms with van der Waals surface area (Å²) in [6.45, 7) is 0.0547. The lowest BCUT2D eigenvalue weighted by atomic mass is 10.1. The topological polar surface area (TPSA) is 70.2 Å². The first-order valence-electron chi connectivity index (χ1n) is 7.14. The number of carbonyl (C=O) groups is 2. The second-order valence-electron chi connectivity index (χ2n) is 5.19. The lowest BCUT2D eigenvalue weighted by Crippen LogP contribution is -2.40. The molecule has 0 saturated heterocycles. The Morgan fingerprint density at radius 3 is 2.64 bits per heavy atom. The number of carbonyl (C=O) groups excluding carboxylic acids is 2. The van der Waals surface area contributed by atoms with E-state index in [0.717, 1.165) is 12.1 Å². The van der Waals surface area contributed by atoms with Crippen LogP contribution in [0.5, 0.6) is 0 Å². The number of hydrogen-bond donors (Lipinski definition) is 3. The number of imide groups is 1. The van der Waals surface area contributed by atoms with E-state index in [1.807, 2.05) is 18.2 Å². The molecule has 0 bridgehead atoms. The molecule has 0 aromatic heterocycles. The Morgan fingerprint density at radius 2 is 1.82 bits per heavy atom. The molecule has 5 heteroatoms. The fraction of sp³-hybridized carbons (Fsp3) is 0.176. The quantitative estimate of drug-likeness (QED) is 0.693. The zero-order chi connectivity index (χ0) is 15.5. The molecule has 0 fully saturated rings. The summed E-state index contributed by atoms with van der Waals surface area (Å²) in [4.78, 5) is 22.6. The summed E-state index contributed by atoms with van der Waals surface area (Å²) in [7, 11) is 1.47. The number of fused-ring (bicyclic) bond motifs is 3. The molecule has 112 valence electrons. The number of nitrogens with one attached hydrogen (secondary N) is 3. The molecular weight excluding hydrogens is 278 g/mol. The van der Waals surface area contributed by atoms with Crippen molar-refractivity contribution >= 4 is 17.6 Å². The van der Waals surface area contributed by atoms with Gasteiger partial charge in [-0.1, -0.05) is 30.3 Å². The summed E-state index contributed by atoms with van der Waals surface area (Å²) in [5, 5.41) is 7.59. The summed E-state index contributed by atoms with van der Waals surface area (Å²) in [5.41, 5.74) is 5.97. The molecule has 0 spiro atoms. The minimum absolute atomic E-state index is 0.0547. The molecule has 1 aliphatic carbocycles. The molecule has 0 atom stereocenters. The first-order chi connectivity index (χ1) is 10.7. The number of benzene rings is 2. The van der Waals surface area contributed by atoms with Crippen LogP contribution in [-0.4, -0.2) is 25.5 Å². The third-order valence-electron chi connectivity index (χ3n) is 3.73. The van der Waals surface area contributed by atoms with Crippen LogP contribution < -0.4 is 16.0 Å². The minimum atomic E-state index is -0.504. The number of rotatable bonds is 3. The molecule has 22 heavy (non-hydrogen) atoms. The van der Waals surface area contributed by atoms with Gasteiger partial charge in [-0.05, 0) is 40.8 Å². The zero-order valence-corrected chi connectivity index (χ0v) is 12.3. The first-order valence-corrected chi connectivity index (χ1v) is 7.14. The third kappa shape index (κ3) is 2.79. The summed E-state index contributed by atoms with van der Waals surface area (Å²) in [6.07, 6.45) is 0.908. The van der Waals surface area contributed by atoms with Crippen molar-refractivity contribution in [1.82, 2.24) is 10.6 Å². The van der Waals surface area contributed by atoms with Crippen LogP contribution in [-0.2, 0) is 11.2 Å². The fourth-order valence-electron chi connectivity index (χ4n) is 2.67. The first kappa shape index (κ1) is 14.1. The molecular formula is C17H17N3O2. The monoisotopic (exact) mass is 295 g/mol. The van der Waals surface area contributed by atoms with E-state index in [-0.39, 0.29) is 12.5 Å². The normalized spacial score (nSPS) is 11.3. The van der Waals surface area contributed by atoms with Gasteiger partial charge in [0.05, 0.1) is 6.54 Å². The van der Waals surface area contributed by atoms with Crippen LogP contribution in [0.3, 0.4) is 0 Å². The van der Waals surface area contributed by atoms with Crippen molar-refractivity contribution in [3.63, 3.8) is 0 Å². The minimum Gasteiger partial charge on any atom is -0.376 e. The standard InChI is InChI=1S/C17H17N3O2/c1-18-17(22)20-16(21)10-19-13-6-7-15-12(9-13)8-11-4-2-3-5-14(11)15/h2-7,9,19H,8,10H2,1H3,(H2,18,20,21,22). The van der Waals surface area contributed by atoms with E-state index in [1.165, 1.54) is 29.3 Å². The fourth-order valence-corrected chi connectivity index (χ4v) is 2.67. The predicted octanol–water partition coefficient (Wildman–Crippen LogP) is 2.13. The van der Waals surface area contributed by atoms with E-state index >= 15 is 0 Å². The molecule has 0 heterocycles. The Balaban J connectivity index is 1.67. The van der Waals surface area contributed by atoms with E-state index in [2.05, 4.69) is 40.2 Å². The number of urea groups is 1. The van der Waals surface area contributed by atoms with Crippen molar-refractivity contribution in [2.45, 2.75) is 6.42 Å². The second kappa shape index (κ2) is 5.89. The Hall–Kier alpha value is -2.82. The Labute approximate surface area is 128 Å². The SMILES string of the molecule is CNC(=O)NC(=O)CNc1ccc2c(c1)Cc1ccccc1-2. The van der Waals surface area contributed by atoms with Crippen molar-refractivity contribution < 1.29 is 9.59 Å². The van der Waals surface area contributed by atoms with Gasteiger partial charge in [-0.3, -0.25) is 10.1 Å². The summed E-state index contributed by atoms with van der Waals surface area (Å²) >= 11 is 0. The van der Waals surface area contributed by atoms with E-state index in [1.54, 1.807) is 0 Å². The molecule has 3 N–H and O–H groups in total. The van der Waals surface area contributed by atoms with Gasteiger partial charge in [0.2, 0.25) is 5.91 Å². The molecule has 3 amide bonds. The number of anilines is 1. The predicted molar refractivity (Wildman–Crippen MR) is 85.8 cm³/mol. The molecule has 0 saturated carbocycles. The van der Waals surface area contributed by atoms with Crippen LogP contribution in [0.25, 0.3) is 11.1 Å². The van der Waals surface area contributed by atoms with Crippen molar-refractivity contribution in [3.05, 3.63) is 53.6 Å². The summed E-state index contributed by atoms with van der Waals surface area (Å²) in [5.74, 6) is -0.372. The van der Waals surface area contributed by atoms with Gasteiger partial charge in [0.15, 0.2) is 0 Å². The molecule has 3 rings (SSSR count). The molecule has 2 aromatic rings. The third-order valence-corrected chi connectivity index (χ3v) is 3.73. The van der Waals surface area contributed by atoms with Gasteiger partial charge in [-0.15, -0.1) is 0 Å². The van der Waals surface area contributed by atoms with E-state index < -0.39 is 6.03 Å². The number of amides is 3. The van der Waals surface area contributed by atoms with Gasteiger partial charge < -0.3 is 10.6 Å². The van der Waals surface area contributed by atoms with Crippen molar-refractivity contribution in [2.75, 3.05) is 18.9 Å². The Morgan fingerprint density at radius 1 is 1.05 bits per heavy atom. The van der Waals surface area contributed by atoms with Gasteiger partial charge in [0.1, 0.15) is 0 Å². The van der Waals surface area contributed by atoms with Gasteiger partial charge in [0, 0.05) is 12.7 Å². The van der Waals surface area contributed by atoms with E-state index in [9.17, 15) is 9.59 Å². The van der Waals surface area contributed by atoms with Gasteiger partial charge in [-0.2, -0.15) is 0 Å². The van der Waals surface area contributed by atoms with Crippen molar-refractivity contribution in [2.24, 2.45) is 0 Å². The van der Waals surface area contributed by atoms with Gasteiger partial charge in [0.25, 0.3) is 0 Å². The van der Waals surface area contributed by atoms with Crippen LogP contribution in [0, 0.1) is 0 Å². The molecule has 0 radical (unpaired) electrons. The number of hydrogen-bond acceptors (Lipinski definition) is 3. The summed E-state index contributed by atoms with van der Waals surface area (Å²) in [6, 6.07) is 13.9. The zero-order valence-electron chi connectivity index (χ0n) is 12.3. The highest BCUT2D eigenvalue weighted by atomic mass is 16.2. The maximum absolute atomic E-state index is 11.6. The highest BCUT2D eigenvalue weighted by Crippen LogP contribution is 2.37. The highest BCUT2D eigenvalue weighted by Gasteiger charge is 2.17. The lowest BCUT2D eigenvalue weighted by molar-refractivity contribution is -0.118. The van der Waals surface area contributed by atoms with Gasteiger partial charge >= 0.3 is 6.03 Å². The van der Waals surface area contributed by atoms with Crippen molar-refractivity contribution in [1.29, 1.82) is 0 Å². The molecule has 0 aliphatic heterocycles. The second-order valence-corrected chi connectivity index (χ2v) is 5.19. The lowest BCUT2D eigenvalue weighted by Gasteiger charge is -2.08. The van der Waals surface area contributed by atoms with E-state index in [4.69, 9.17) is 0 Å². The maximum Gasteiger partial charge on any atom is 0.321 e. The van der Waals surface area contributed by atoms with Crippen LogP contribution in [0.4, 0.5) is 10.5 Å².